The topological polar surface area (TPSA) is 24.9 Å². The predicted molar refractivity (Wildman–Crippen MR) is 77.3 cm³/mol. The van der Waals surface area contributed by atoms with Crippen LogP contribution in [-0.4, -0.2) is 17.6 Å². The van der Waals surface area contributed by atoms with Crippen molar-refractivity contribution in [3.8, 4) is 0 Å². The Morgan fingerprint density at radius 2 is 2.00 bits per heavy atom. The van der Waals surface area contributed by atoms with Crippen molar-refractivity contribution in [1.29, 1.82) is 0 Å². The van der Waals surface area contributed by atoms with E-state index >= 15 is 0 Å². The third kappa shape index (κ3) is 4.40. The maximum absolute atomic E-state index is 4.54. The lowest BCUT2D eigenvalue weighted by atomic mass is 9.86. The number of hydrogen-bond donors (Lipinski definition) is 1. The molecule has 0 fully saturated rings. The van der Waals surface area contributed by atoms with E-state index in [-0.39, 0.29) is 0 Å². The van der Waals surface area contributed by atoms with Gasteiger partial charge in [-0.25, -0.2) is 0 Å². The molecule has 2 nitrogen and oxygen atoms in total. The van der Waals surface area contributed by atoms with Crippen LogP contribution in [0.25, 0.3) is 0 Å². The lowest BCUT2D eigenvalue weighted by Gasteiger charge is -2.28. The van der Waals surface area contributed by atoms with Crippen LogP contribution < -0.4 is 5.32 Å². The summed E-state index contributed by atoms with van der Waals surface area (Å²) in [5.41, 5.74) is 1.18. The molecule has 17 heavy (non-hydrogen) atoms. The Labute approximate surface area is 113 Å². The highest BCUT2D eigenvalue weighted by Crippen LogP contribution is 2.27. The summed E-state index contributed by atoms with van der Waals surface area (Å²) in [6, 6.07) is 4.66. The fourth-order valence-corrected chi connectivity index (χ4v) is 2.49. The Morgan fingerprint density at radius 3 is 2.47 bits per heavy atom. The Hall–Kier alpha value is -0.410. The summed E-state index contributed by atoms with van der Waals surface area (Å²) in [6.07, 6.45) is 3.06. The van der Waals surface area contributed by atoms with Crippen LogP contribution in [-0.2, 0) is 0 Å². The van der Waals surface area contributed by atoms with Gasteiger partial charge in [0.25, 0.3) is 0 Å². The molecule has 2 unspecified atom stereocenters. The van der Waals surface area contributed by atoms with Crippen molar-refractivity contribution in [3.05, 3.63) is 28.5 Å². The molecule has 1 N–H and O–H groups in total. The molecule has 0 aliphatic rings. The largest absolute Gasteiger partial charge is 0.314 e. The van der Waals surface area contributed by atoms with E-state index in [9.17, 15) is 0 Å². The highest BCUT2D eigenvalue weighted by Gasteiger charge is 2.23. The molecular formula is C14H23BrN2. The second-order valence-corrected chi connectivity index (χ2v) is 5.83. The maximum Gasteiger partial charge on any atom is 0.0453 e. The van der Waals surface area contributed by atoms with Crippen LogP contribution in [0.3, 0.4) is 0 Å². The summed E-state index contributed by atoms with van der Waals surface area (Å²) in [7, 11) is 0. The molecule has 0 aromatic carbocycles. The first-order chi connectivity index (χ1) is 8.06. The molecule has 0 saturated carbocycles. The van der Waals surface area contributed by atoms with E-state index in [4.69, 9.17) is 0 Å². The summed E-state index contributed by atoms with van der Waals surface area (Å²) in [6.45, 7) is 10.0. The van der Waals surface area contributed by atoms with Gasteiger partial charge in [-0.2, -0.15) is 0 Å². The molecule has 0 saturated heterocycles. The molecule has 2 atom stereocenters. The average Bonchev–Trinajstić information content (AvgIpc) is 2.29. The van der Waals surface area contributed by atoms with Gasteiger partial charge in [0.05, 0.1) is 0 Å². The van der Waals surface area contributed by atoms with Crippen molar-refractivity contribution < 1.29 is 0 Å². The molecule has 0 amide bonds. The Morgan fingerprint density at radius 1 is 1.29 bits per heavy atom. The quantitative estimate of drug-likeness (QED) is 0.859. The minimum Gasteiger partial charge on any atom is -0.314 e. The van der Waals surface area contributed by atoms with Crippen LogP contribution in [0.5, 0.6) is 0 Å². The zero-order valence-electron chi connectivity index (χ0n) is 11.2. The van der Waals surface area contributed by atoms with Crippen LogP contribution in [0.1, 0.15) is 45.7 Å². The molecule has 1 heterocycles. The monoisotopic (exact) mass is 298 g/mol. The van der Waals surface area contributed by atoms with Crippen molar-refractivity contribution in [2.45, 2.75) is 46.1 Å². The van der Waals surface area contributed by atoms with Gasteiger partial charge in [0.15, 0.2) is 0 Å². The van der Waals surface area contributed by atoms with E-state index < -0.39 is 0 Å². The van der Waals surface area contributed by atoms with Crippen LogP contribution >= 0.6 is 15.9 Å². The number of nitrogens with one attached hydrogen (secondary N) is 1. The average molecular weight is 299 g/mol. The molecule has 96 valence electrons. The summed E-state index contributed by atoms with van der Waals surface area (Å²) in [4.78, 5) is 4.54. The third-order valence-electron chi connectivity index (χ3n) is 3.07. The number of halogens is 1. The number of aromatic nitrogens is 1. The fourth-order valence-electron chi connectivity index (χ4n) is 2.26. The van der Waals surface area contributed by atoms with E-state index in [1.165, 1.54) is 12.1 Å². The molecule has 1 aromatic heterocycles. The number of nitrogens with zero attached hydrogens (tertiary/aromatic N) is 1. The van der Waals surface area contributed by atoms with Gasteiger partial charge in [-0.15, -0.1) is 0 Å². The summed E-state index contributed by atoms with van der Waals surface area (Å²) >= 11 is 3.43. The molecular weight excluding hydrogens is 276 g/mol. The third-order valence-corrected chi connectivity index (χ3v) is 3.53. The van der Waals surface area contributed by atoms with Crippen LogP contribution in [0, 0.1) is 5.92 Å². The minimum absolute atomic E-state index is 0.462. The standard InChI is InChI=1S/C14H23BrN2/c1-5-8-16-11(4)14(10(2)3)13-7-6-12(15)9-17-13/h6-7,9-11,14,16H,5,8H2,1-4H3. The van der Waals surface area contributed by atoms with Gasteiger partial charge in [0, 0.05) is 28.3 Å². The minimum atomic E-state index is 0.462. The Balaban J connectivity index is 2.81. The molecule has 0 aliphatic carbocycles. The zero-order valence-corrected chi connectivity index (χ0v) is 12.8. The van der Waals surface area contributed by atoms with Gasteiger partial charge in [0.1, 0.15) is 0 Å². The predicted octanol–water partition coefficient (Wildman–Crippen LogP) is 3.97. The molecule has 0 bridgehead atoms. The lowest BCUT2D eigenvalue weighted by Crippen LogP contribution is -2.35. The highest BCUT2D eigenvalue weighted by atomic mass is 79.9. The summed E-state index contributed by atoms with van der Waals surface area (Å²) in [5, 5.41) is 3.58. The van der Waals surface area contributed by atoms with E-state index in [1.807, 2.05) is 6.20 Å². The van der Waals surface area contributed by atoms with Gasteiger partial charge in [-0.05, 0) is 53.9 Å². The van der Waals surface area contributed by atoms with Gasteiger partial charge in [0.2, 0.25) is 0 Å². The first-order valence-electron chi connectivity index (χ1n) is 6.41. The number of rotatable bonds is 6. The van der Waals surface area contributed by atoms with Gasteiger partial charge < -0.3 is 5.32 Å². The van der Waals surface area contributed by atoms with Gasteiger partial charge in [-0.3, -0.25) is 4.98 Å². The van der Waals surface area contributed by atoms with Crippen molar-refractivity contribution in [2.24, 2.45) is 5.92 Å². The Kier molecular flexibility index (Phi) is 6.14. The molecule has 0 aliphatic heterocycles. The van der Waals surface area contributed by atoms with Crippen molar-refractivity contribution in [2.75, 3.05) is 6.54 Å². The Bertz CT molecular complexity index is 321. The first-order valence-corrected chi connectivity index (χ1v) is 7.20. The fraction of sp³-hybridized carbons (Fsp3) is 0.643. The zero-order chi connectivity index (χ0) is 12.8. The summed E-state index contributed by atoms with van der Waals surface area (Å²) < 4.78 is 1.04. The van der Waals surface area contributed by atoms with Crippen LogP contribution in [0.4, 0.5) is 0 Å². The summed E-state index contributed by atoms with van der Waals surface area (Å²) in [5.74, 6) is 1.05. The molecule has 1 rings (SSSR count). The van der Waals surface area contributed by atoms with Gasteiger partial charge >= 0.3 is 0 Å². The number of hydrogen-bond acceptors (Lipinski definition) is 2. The highest BCUT2D eigenvalue weighted by molar-refractivity contribution is 9.10. The molecule has 1 aromatic rings. The second-order valence-electron chi connectivity index (χ2n) is 4.91. The lowest BCUT2D eigenvalue weighted by molar-refractivity contribution is 0.371. The second kappa shape index (κ2) is 7.12. The molecule has 0 spiro atoms. The van der Waals surface area contributed by atoms with Crippen LogP contribution in [0.2, 0.25) is 0 Å². The van der Waals surface area contributed by atoms with Crippen molar-refractivity contribution in [1.82, 2.24) is 10.3 Å². The van der Waals surface area contributed by atoms with Gasteiger partial charge in [-0.1, -0.05) is 20.8 Å². The SMILES string of the molecule is CCCNC(C)C(c1ccc(Br)cn1)C(C)C. The first kappa shape index (κ1) is 14.7. The molecule has 0 radical (unpaired) electrons. The van der Waals surface area contributed by atoms with E-state index in [0.717, 1.165) is 11.0 Å². The smallest absolute Gasteiger partial charge is 0.0453 e. The van der Waals surface area contributed by atoms with E-state index in [0.29, 0.717) is 17.9 Å². The molecule has 3 heteroatoms. The van der Waals surface area contributed by atoms with E-state index in [1.54, 1.807) is 0 Å². The van der Waals surface area contributed by atoms with Crippen molar-refractivity contribution in [3.63, 3.8) is 0 Å². The van der Waals surface area contributed by atoms with E-state index in [2.05, 4.69) is 66.1 Å². The number of pyridine rings is 1. The van der Waals surface area contributed by atoms with Crippen LogP contribution in [0.15, 0.2) is 22.8 Å². The maximum atomic E-state index is 4.54. The van der Waals surface area contributed by atoms with Crippen molar-refractivity contribution >= 4 is 15.9 Å². The normalized spacial score (nSPS) is 14.9.